The minimum Gasteiger partial charge on any atom is -0.480 e. The Bertz CT molecular complexity index is 1220. The molecule has 4 unspecified atom stereocenters. The van der Waals surface area contributed by atoms with Crippen LogP contribution in [0.5, 0.6) is 0 Å². The van der Waals surface area contributed by atoms with Gasteiger partial charge in [-0.1, -0.05) is 18.2 Å². The number of aliphatic carboxylic acids is 1. The number of H-pyrrole nitrogens is 1. The first-order valence-electron chi connectivity index (χ1n) is 12.0. The minimum atomic E-state index is -1.42. The fourth-order valence-electron chi connectivity index (χ4n) is 3.72. The van der Waals surface area contributed by atoms with Gasteiger partial charge in [-0.3, -0.25) is 24.0 Å². The lowest BCUT2D eigenvalue weighted by Crippen LogP contribution is -2.58. The third-order valence-corrected chi connectivity index (χ3v) is 6.25. The largest absolute Gasteiger partial charge is 0.480 e. The summed E-state index contributed by atoms with van der Waals surface area (Å²) in [4.78, 5) is 75.4. The maximum atomic E-state index is 13.3. The van der Waals surface area contributed by atoms with E-state index in [1.807, 2.05) is 24.3 Å². The number of primary amides is 2. The second kappa shape index (κ2) is 14.7. The lowest BCUT2D eigenvalue weighted by Gasteiger charge is -2.24. The van der Waals surface area contributed by atoms with Gasteiger partial charge < -0.3 is 43.2 Å². The highest BCUT2D eigenvalue weighted by Crippen LogP contribution is 2.19. The summed E-state index contributed by atoms with van der Waals surface area (Å²) < 4.78 is 0. The van der Waals surface area contributed by atoms with E-state index in [1.165, 1.54) is 0 Å². The highest BCUT2D eigenvalue weighted by Gasteiger charge is 2.30. The van der Waals surface area contributed by atoms with Crippen LogP contribution in [-0.2, 0) is 35.2 Å². The van der Waals surface area contributed by atoms with Crippen LogP contribution in [0.4, 0.5) is 0 Å². The number of carbonyl (C=O) groups is 6. The van der Waals surface area contributed by atoms with E-state index >= 15 is 0 Å². The van der Waals surface area contributed by atoms with E-state index in [2.05, 4.69) is 33.6 Å². The van der Waals surface area contributed by atoms with Crippen molar-refractivity contribution in [3.63, 3.8) is 0 Å². The van der Waals surface area contributed by atoms with E-state index < -0.39 is 59.7 Å². The van der Waals surface area contributed by atoms with Gasteiger partial charge >= 0.3 is 5.97 Å². The molecule has 0 radical (unpaired) electrons. The molecule has 0 spiro atoms. The zero-order chi connectivity index (χ0) is 29.1. The van der Waals surface area contributed by atoms with Gasteiger partial charge in [0.25, 0.3) is 0 Å². The van der Waals surface area contributed by atoms with E-state index in [4.69, 9.17) is 17.2 Å². The van der Waals surface area contributed by atoms with E-state index in [0.717, 1.165) is 10.9 Å². The molecule has 0 fully saturated rings. The summed E-state index contributed by atoms with van der Waals surface area (Å²) in [5.74, 6) is -5.28. The van der Waals surface area contributed by atoms with E-state index in [-0.39, 0.29) is 37.9 Å². The van der Waals surface area contributed by atoms with Crippen molar-refractivity contribution >= 4 is 59.0 Å². The summed E-state index contributed by atoms with van der Waals surface area (Å²) in [6, 6.07) is 2.29. The van der Waals surface area contributed by atoms with Gasteiger partial charge in [-0.15, -0.1) is 0 Å². The number of amides is 5. The first kappa shape index (κ1) is 31.1. The molecule has 0 saturated heterocycles. The molecule has 4 atom stereocenters. The predicted octanol–water partition coefficient (Wildman–Crippen LogP) is -1.96. The normalized spacial score (nSPS) is 14.0. The Morgan fingerprint density at radius 3 is 2.03 bits per heavy atom. The fraction of sp³-hybridized carbons (Fsp3) is 0.417. The minimum absolute atomic E-state index is 0.0153. The smallest absolute Gasteiger partial charge is 0.326 e. The Labute approximate surface area is 229 Å². The van der Waals surface area contributed by atoms with Crippen LogP contribution in [0, 0.1) is 0 Å². The molecule has 0 aliphatic carbocycles. The van der Waals surface area contributed by atoms with E-state index in [1.54, 1.807) is 6.20 Å². The van der Waals surface area contributed by atoms with Crippen molar-refractivity contribution in [2.75, 3.05) is 5.75 Å². The average Bonchev–Trinajstić information content (AvgIpc) is 3.29. The number of carboxylic acid groups (broad SMARTS) is 1. The van der Waals surface area contributed by atoms with Crippen molar-refractivity contribution < 1.29 is 33.9 Å². The number of hydrogen-bond donors (Lipinski definition) is 9. The summed E-state index contributed by atoms with van der Waals surface area (Å²) in [7, 11) is 0. The van der Waals surface area contributed by atoms with Gasteiger partial charge in [-0.2, -0.15) is 12.6 Å². The number of carboxylic acids is 1. The molecule has 212 valence electrons. The molecule has 11 N–H and O–H groups in total. The molecular weight excluding hydrogens is 530 g/mol. The number of carbonyl (C=O) groups excluding carboxylic acids is 5. The Morgan fingerprint density at radius 2 is 1.41 bits per heavy atom. The predicted molar refractivity (Wildman–Crippen MR) is 144 cm³/mol. The molecule has 0 aliphatic rings. The Balaban J connectivity index is 2.21. The number of fused-ring (bicyclic) bond motifs is 1. The zero-order valence-corrected chi connectivity index (χ0v) is 21.9. The Hall–Kier alpha value is -4.11. The van der Waals surface area contributed by atoms with Gasteiger partial charge in [0, 0.05) is 42.1 Å². The number of benzene rings is 1. The average molecular weight is 564 g/mol. The van der Waals surface area contributed by atoms with Crippen molar-refractivity contribution in [1.29, 1.82) is 0 Å². The van der Waals surface area contributed by atoms with Crippen molar-refractivity contribution in [3.05, 3.63) is 36.0 Å². The van der Waals surface area contributed by atoms with E-state index in [9.17, 15) is 33.9 Å². The number of hydrogen-bond acceptors (Lipinski definition) is 8. The second-order valence-corrected chi connectivity index (χ2v) is 9.25. The van der Waals surface area contributed by atoms with Crippen molar-refractivity contribution in [3.8, 4) is 0 Å². The zero-order valence-electron chi connectivity index (χ0n) is 21.0. The highest BCUT2D eigenvalue weighted by molar-refractivity contribution is 7.80. The van der Waals surface area contributed by atoms with E-state index in [0.29, 0.717) is 5.56 Å². The lowest BCUT2D eigenvalue weighted by molar-refractivity contribution is -0.142. The molecular formula is C24H33N7O7S. The quantitative estimate of drug-likeness (QED) is 0.103. The van der Waals surface area contributed by atoms with Crippen LogP contribution >= 0.6 is 12.6 Å². The number of thiol groups is 1. The molecule has 39 heavy (non-hydrogen) atoms. The topological polar surface area (TPSA) is 253 Å². The van der Waals surface area contributed by atoms with Gasteiger partial charge in [0.1, 0.15) is 18.1 Å². The number of nitrogens with two attached hydrogens (primary N) is 3. The summed E-state index contributed by atoms with van der Waals surface area (Å²) in [5.41, 5.74) is 17.5. The van der Waals surface area contributed by atoms with Crippen molar-refractivity contribution in [2.24, 2.45) is 17.2 Å². The summed E-state index contributed by atoms with van der Waals surface area (Å²) in [6.07, 6.45) is 1.02. The molecule has 0 bridgehead atoms. The summed E-state index contributed by atoms with van der Waals surface area (Å²) in [5, 5.41) is 17.5. The number of para-hydroxylation sites is 1. The number of aromatic amines is 1. The third-order valence-electron chi connectivity index (χ3n) is 5.88. The van der Waals surface area contributed by atoms with Gasteiger partial charge in [0.15, 0.2) is 0 Å². The first-order chi connectivity index (χ1) is 18.4. The lowest BCUT2D eigenvalue weighted by atomic mass is 10.0. The SMILES string of the molecule is NC(=O)CCC(N)C(=O)NC(Cc1c[nH]c2ccccc12)C(=O)NC(CS)C(=O)NC(CCC(N)=O)C(=O)O. The van der Waals surface area contributed by atoms with Crippen LogP contribution in [0.25, 0.3) is 10.9 Å². The molecule has 2 aromatic rings. The second-order valence-electron chi connectivity index (χ2n) is 8.88. The molecule has 5 amide bonds. The van der Waals surface area contributed by atoms with Crippen molar-refractivity contribution in [2.45, 2.75) is 56.3 Å². The van der Waals surface area contributed by atoms with Gasteiger partial charge in [0.2, 0.25) is 29.5 Å². The molecule has 0 aliphatic heterocycles. The number of rotatable bonds is 16. The fourth-order valence-corrected chi connectivity index (χ4v) is 3.98. The summed E-state index contributed by atoms with van der Waals surface area (Å²) in [6.45, 7) is 0. The van der Waals surface area contributed by atoms with Crippen molar-refractivity contribution in [1.82, 2.24) is 20.9 Å². The maximum Gasteiger partial charge on any atom is 0.326 e. The Kier molecular flexibility index (Phi) is 11.7. The molecule has 1 aromatic heterocycles. The maximum absolute atomic E-state index is 13.3. The monoisotopic (exact) mass is 563 g/mol. The summed E-state index contributed by atoms with van der Waals surface area (Å²) >= 11 is 4.09. The number of nitrogens with one attached hydrogen (secondary N) is 4. The van der Waals surface area contributed by atoms with Crippen LogP contribution in [0.15, 0.2) is 30.5 Å². The van der Waals surface area contributed by atoms with Crippen LogP contribution in [0.1, 0.15) is 31.2 Å². The number of aromatic nitrogens is 1. The molecule has 2 rings (SSSR count). The third kappa shape index (κ3) is 9.61. The first-order valence-corrected chi connectivity index (χ1v) is 12.7. The molecule has 1 heterocycles. The molecule has 14 nitrogen and oxygen atoms in total. The van der Waals surface area contributed by atoms with Crippen LogP contribution in [-0.4, -0.2) is 75.5 Å². The molecule has 0 saturated carbocycles. The molecule has 15 heteroatoms. The Morgan fingerprint density at radius 1 is 0.846 bits per heavy atom. The van der Waals surface area contributed by atoms with Gasteiger partial charge in [0.05, 0.1) is 6.04 Å². The van der Waals surface area contributed by atoms with Gasteiger partial charge in [-0.05, 0) is 24.5 Å². The molecule has 1 aromatic carbocycles. The highest BCUT2D eigenvalue weighted by atomic mass is 32.1. The van der Waals surface area contributed by atoms with Crippen LogP contribution in [0.3, 0.4) is 0 Å². The van der Waals surface area contributed by atoms with Gasteiger partial charge in [-0.25, -0.2) is 4.79 Å². The van der Waals surface area contributed by atoms with Crippen LogP contribution < -0.4 is 33.2 Å². The van der Waals surface area contributed by atoms with Crippen LogP contribution in [0.2, 0.25) is 0 Å². The standard InChI is InChI=1S/C24H33N7O7S/c25-14(5-7-19(26)32)21(34)30-17(9-12-10-28-15-4-2-1-3-13(12)15)22(35)31-18(11-39)23(36)29-16(24(37)38)6-8-20(27)33/h1-4,10,14,16-18,28,39H,5-9,11,25H2,(H2,26,32)(H2,27,33)(H,29,36)(H,30,34)(H,31,35)(H,37,38).